The van der Waals surface area contributed by atoms with Crippen LogP contribution in [0.25, 0.3) is 11.1 Å². The fourth-order valence-electron chi connectivity index (χ4n) is 2.31. The van der Waals surface area contributed by atoms with Gasteiger partial charge in [0, 0.05) is 11.6 Å². The highest BCUT2D eigenvalue weighted by Crippen LogP contribution is 2.28. The standard InChI is InChI=1S/C15H23N3O/c1-15(2,16)8-7-13(18(3)4)11-5-6-12-14(9-11)19-10-17-12/h5-6,9-10,13H,7-8,16H2,1-4H3. The molecule has 0 spiro atoms. The number of nitrogens with zero attached hydrogens (tertiary/aromatic N) is 2. The largest absolute Gasteiger partial charge is 0.443 e. The summed E-state index contributed by atoms with van der Waals surface area (Å²) in [5, 5.41) is 0. The molecule has 1 heterocycles. The molecule has 1 aromatic heterocycles. The van der Waals surface area contributed by atoms with Gasteiger partial charge < -0.3 is 15.1 Å². The quantitative estimate of drug-likeness (QED) is 0.899. The molecule has 0 amide bonds. The van der Waals surface area contributed by atoms with Crippen molar-refractivity contribution in [2.45, 2.75) is 38.3 Å². The highest BCUT2D eigenvalue weighted by molar-refractivity contribution is 5.72. The monoisotopic (exact) mass is 261 g/mol. The topological polar surface area (TPSA) is 55.3 Å². The van der Waals surface area contributed by atoms with E-state index in [1.54, 1.807) is 0 Å². The summed E-state index contributed by atoms with van der Waals surface area (Å²) in [5.74, 6) is 0. The Labute approximate surface area is 114 Å². The van der Waals surface area contributed by atoms with Gasteiger partial charge in [0.15, 0.2) is 12.0 Å². The summed E-state index contributed by atoms with van der Waals surface area (Å²) in [6, 6.07) is 6.56. The van der Waals surface area contributed by atoms with Crippen molar-refractivity contribution in [3.05, 3.63) is 30.2 Å². The first-order chi connectivity index (χ1) is 8.87. The summed E-state index contributed by atoms with van der Waals surface area (Å²) in [6.45, 7) is 4.14. The Balaban J connectivity index is 2.22. The predicted molar refractivity (Wildman–Crippen MR) is 77.9 cm³/mol. The van der Waals surface area contributed by atoms with Crippen molar-refractivity contribution in [1.29, 1.82) is 0 Å². The zero-order valence-corrected chi connectivity index (χ0v) is 12.2. The van der Waals surface area contributed by atoms with Gasteiger partial charge in [-0.25, -0.2) is 4.98 Å². The lowest BCUT2D eigenvalue weighted by molar-refractivity contribution is 0.261. The summed E-state index contributed by atoms with van der Waals surface area (Å²) in [4.78, 5) is 6.37. The lowest BCUT2D eigenvalue weighted by atomic mass is 9.93. The third-order valence-corrected chi connectivity index (χ3v) is 3.43. The second-order valence-corrected chi connectivity index (χ2v) is 6.09. The molecule has 0 aliphatic heterocycles. The fraction of sp³-hybridized carbons (Fsp3) is 0.533. The molecule has 104 valence electrons. The van der Waals surface area contributed by atoms with Crippen molar-refractivity contribution in [3.8, 4) is 0 Å². The van der Waals surface area contributed by atoms with E-state index in [0.717, 1.165) is 23.9 Å². The van der Waals surface area contributed by atoms with Gasteiger partial charge in [-0.1, -0.05) is 6.07 Å². The summed E-state index contributed by atoms with van der Waals surface area (Å²) in [7, 11) is 4.19. The van der Waals surface area contributed by atoms with Crippen molar-refractivity contribution in [2.24, 2.45) is 5.73 Å². The second kappa shape index (κ2) is 5.31. The van der Waals surface area contributed by atoms with E-state index in [0.29, 0.717) is 6.04 Å². The van der Waals surface area contributed by atoms with E-state index in [9.17, 15) is 0 Å². The number of hydrogen-bond acceptors (Lipinski definition) is 4. The maximum Gasteiger partial charge on any atom is 0.181 e. The van der Waals surface area contributed by atoms with Gasteiger partial charge >= 0.3 is 0 Å². The highest BCUT2D eigenvalue weighted by Gasteiger charge is 2.19. The molecule has 2 N–H and O–H groups in total. The Bertz CT molecular complexity index is 540. The van der Waals surface area contributed by atoms with Crippen molar-refractivity contribution >= 4 is 11.1 Å². The van der Waals surface area contributed by atoms with Crippen molar-refractivity contribution in [3.63, 3.8) is 0 Å². The summed E-state index contributed by atoms with van der Waals surface area (Å²) in [5.41, 5.74) is 8.95. The maximum absolute atomic E-state index is 6.09. The normalized spacial score (nSPS) is 14.2. The van der Waals surface area contributed by atoms with Crippen molar-refractivity contribution < 1.29 is 4.42 Å². The van der Waals surface area contributed by atoms with Crippen LogP contribution in [0.2, 0.25) is 0 Å². The minimum absolute atomic E-state index is 0.134. The van der Waals surface area contributed by atoms with Crippen LogP contribution in [0.5, 0.6) is 0 Å². The van der Waals surface area contributed by atoms with Gasteiger partial charge in [-0.05, 0) is 58.5 Å². The minimum Gasteiger partial charge on any atom is -0.443 e. The van der Waals surface area contributed by atoms with Crippen LogP contribution in [-0.4, -0.2) is 29.5 Å². The van der Waals surface area contributed by atoms with E-state index >= 15 is 0 Å². The van der Waals surface area contributed by atoms with E-state index in [4.69, 9.17) is 10.2 Å². The zero-order chi connectivity index (χ0) is 14.0. The second-order valence-electron chi connectivity index (χ2n) is 6.09. The molecule has 19 heavy (non-hydrogen) atoms. The third-order valence-electron chi connectivity index (χ3n) is 3.43. The van der Waals surface area contributed by atoms with Gasteiger partial charge in [-0.15, -0.1) is 0 Å². The fourth-order valence-corrected chi connectivity index (χ4v) is 2.31. The number of fused-ring (bicyclic) bond motifs is 1. The number of oxazole rings is 1. The van der Waals surface area contributed by atoms with Crippen LogP contribution in [0.4, 0.5) is 0 Å². The molecule has 0 radical (unpaired) electrons. The summed E-state index contributed by atoms with van der Waals surface area (Å²) in [6.07, 6.45) is 3.49. The van der Waals surface area contributed by atoms with Gasteiger partial charge in [0.1, 0.15) is 5.52 Å². The maximum atomic E-state index is 6.09. The first-order valence-electron chi connectivity index (χ1n) is 6.65. The summed E-state index contributed by atoms with van der Waals surface area (Å²) < 4.78 is 5.38. The van der Waals surface area contributed by atoms with Gasteiger partial charge in [-0.2, -0.15) is 0 Å². The Morgan fingerprint density at radius 2 is 2.11 bits per heavy atom. The van der Waals surface area contributed by atoms with Crippen LogP contribution in [0, 0.1) is 0 Å². The van der Waals surface area contributed by atoms with Crippen LogP contribution >= 0.6 is 0 Å². The number of aromatic nitrogens is 1. The number of rotatable bonds is 5. The smallest absolute Gasteiger partial charge is 0.181 e. The Hall–Kier alpha value is -1.39. The lowest BCUT2D eigenvalue weighted by Crippen LogP contribution is -2.33. The van der Waals surface area contributed by atoms with Gasteiger partial charge in [0.05, 0.1) is 0 Å². The first-order valence-corrected chi connectivity index (χ1v) is 6.65. The molecule has 1 unspecified atom stereocenters. The average molecular weight is 261 g/mol. The molecule has 4 heteroatoms. The molecule has 0 saturated carbocycles. The van der Waals surface area contributed by atoms with Crippen molar-refractivity contribution in [1.82, 2.24) is 9.88 Å². The molecule has 0 aliphatic rings. The van der Waals surface area contributed by atoms with Gasteiger partial charge in [-0.3, -0.25) is 0 Å². The highest BCUT2D eigenvalue weighted by atomic mass is 16.3. The van der Waals surface area contributed by atoms with Crippen LogP contribution in [0.3, 0.4) is 0 Å². The molecular formula is C15H23N3O. The molecule has 1 atom stereocenters. The summed E-state index contributed by atoms with van der Waals surface area (Å²) >= 11 is 0. The number of benzene rings is 1. The lowest BCUT2D eigenvalue weighted by Gasteiger charge is -2.28. The van der Waals surface area contributed by atoms with E-state index < -0.39 is 0 Å². The van der Waals surface area contributed by atoms with E-state index in [1.807, 2.05) is 6.07 Å². The van der Waals surface area contributed by atoms with Crippen LogP contribution in [0.1, 0.15) is 38.3 Å². The first kappa shape index (κ1) is 14.0. The molecule has 0 bridgehead atoms. The molecule has 0 fully saturated rings. The number of nitrogens with two attached hydrogens (primary N) is 1. The van der Waals surface area contributed by atoms with Gasteiger partial charge in [0.25, 0.3) is 0 Å². The molecule has 2 rings (SSSR count). The van der Waals surface area contributed by atoms with Crippen LogP contribution < -0.4 is 5.73 Å². The predicted octanol–water partition coefficient (Wildman–Crippen LogP) is 2.95. The van der Waals surface area contributed by atoms with Crippen LogP contribution in [-0.2, 0) is 0 Å². The average Bonchev–Trinajstić information content (AvgIpc) is 2.74. The Morgan fingerprint density at radius 3 is 2.74 bits per heavy atom. The third kappa shape index (κ3) is 3.55. The molecule has 0 aliphatic carbocycles. The van der Waals surface area contributed by atoms with E-state index in [1.165, 1.54) is 12.0 Å². The van der Waals surface area contributed by atoms with Gasteiger partial charge in [0.2, 0.25) is 0 Å². The molecule has 1 aromatic carbocycles. The molecule has 4 nitrogen and oxygen atoms in total. The SMILES string of the molecule is CN(C)C(CCC(C)(C)N)c1ccc2ncoc2c1. The molecular weight excluding hydrogens is 238 g/mol. The minimum atomic E-state index is -0.134. The zero-order valence-electron chi connectivity index (χ0n) is 12.2. The van der Waals surface area contributed by atoms with E-state index in [-0.39, 0.29) is 5.54 Å². The Morgan fingerprint density at radius 1 is 1.37 bits per heavy atom. The number of hydrogen-bond donors (Lipinski definition) is 1. The van der Waals surface area contributed by atoms with Crippen LogP contribution in [0.15, 0.2) is 29.0 Å². The van der Waals surface area contributed by atoms with Crippen molar-refractivity contribution in [2.75, 3.05) is 14.1 Å². The van der Waals surface area contributed by atoms with E-state index in [2.05, 4.69) is 50.0 Å². The molecule has 0 saturated heterocycles. The molecule has 2 aromatic rings. The Kier molecular flexibility index (Phi) is 3.92.